The molecule has 0 saturated carbocycles. The van der Waals surface area contributed by atoms with Gasteiger partial charge in [0, 0.05) is 12.1 Å². The number of amides is 1. The first-order chi connectivity index (χ1) is 10.1. The number of anilines is 1. The number of piperidine rings is 1. The summed E-state index contributed by atoms with van der Waals surface area (Å²) in [6.45, 7) is 8.72. The van der Waals surface area contributed by atoms with Crippen LogP contribution in [0, 0.1) is 11.8 Å². The fourth-order valence-electron chi connectivity index (χ4n) is 2.99. The van der Waals surface area contributed by atoms with Crippen LogP contribution < -0.4 is 10.6 Å². The van der Waals surface area contributed by atoms with Crippen molar-refractivity contribution in [2.24, 2.45) is 11.8 Å². The van der Waals surface area contributed by atoms with Gasteiger partial charge in [-0.3, -0.25) is 4.79 Å². The molecule has 1 aliphatic heterocycles. The minimum absolute atomic E-state index is 0.130. The van der Waals surface area contributed by atoms with E-state index in [1.807, 2.05) is 12.1 Å². The highest BCUT2D eigenvalue weighted by Crippen LogP contribution is 2.23. The molecule has 2 atom stereocenters. The Morgan fingerprint density at radius 3 is 2.57 bits per heavy atom. The molecular formula is C18H28N2O. The van der Waals surface area contributed by atoms with Gasteiger partial charge in [-0.05, 0) is 61.4 Å². The second-order valence-electron chi connectivity index (χ2n) is 6.61. The van der Waals surface area contributed by atoms with Crippen molar-refractivity contribution in [2.75, 3.05) is 18.4 Å². The first-order valence-electron chi connectivity index (χ1n) is 8.16. The van der Waals surface area contributed by atoms with Crippen molar-refractivity contribution in [1.82, 2.24) is 5.32 Å². The maximum Gasteiger partial charge on any atom is 0.224 e. The lowest BCUT2D eigenvalue weighted by Gasteiger charge is -2.28. The zero-order chi connectivity index (χ0) is 15.2. The van der Waals surface area contributed by atoms with Gasteiger partial charge in [0.1, 0.15) is 0 Å². The highest BCUT2D eigenvalue weighted by molar-refractivity contribution is 5.90. The number of rotatable bonds is 5. The van der Waals surface area contributed by atoms with Gasteiger partial charge in [-0.2, -0.15) is 0 Å². The van der Waals surface area contributed by atoms with Crippen LogP contribution in [0.2, 0.25) is 0 Å². The van der Waals surface area contributed by atoms with E-state index in [0.717, 1.165) is 18.8 Å². The van der Waals surface area contributed by atoms with Crippen molar-refractivity contribution in [3.8, 4) is 0 Å². The van der Waals surface area contributed by atoms with Crippen molar-refractivity contribution in [2.45, 2.75) is 46.0 Å². The summed E-state index contributed by atoms with van der Waals surface area (Å²) >= 11 is 0. The molecule has 0 bridgehead atoms. The molecule has 1 amide bonds. The Balaban J connectivity index is 1.83. The highest BCUT2D eigenvalue weighted by Gasteiger charge is 2.21. The smallest absolute Gasteiger partial charge is 0.224 e. The predicted octanol–water partition coefficient (Wildman–Crippen LogP) is 3.77. The van der Waals surface area contributed by atoms with Crippen LogP contribution in [0.3, 0.4) is 0 Å². The molecule has 3 heteroatoms. The van der Waals surface area contributed by atoms with E-state index in [4.69, 9.17) is 0 Å². The van der Waals surface area contributed by atoms with E-state index in [2.05, 4.69) is 43.5 Å². The Hall–Kier alpha value is -1.35. The fraction of sp³-hybridized carbons (Fsp3) is 0.611. The van der Waals surface area contributed by atoms with Crippen LogP contribution in [-0.2, 0) is 4.79 Å². The van der Waals surface area contributed by atoms with Gasteiger partial charge in [0.25, 0.3) is 0 Å². The van der Waals surface area contributed by atoms with E-state index < -0.39 is 0 Å². The topological polar surface area (TPSA) is 41.1 Å². The van der Waals surface area contributed by atoms with E-state index in [-0.39, 0.29) is 5.91 Å². The average molecular weight is 288 g/mol. The molecule has 21 heavy (non-hydrogen) atoms. The second kappa shape index (κ2) is 7.60. The summed E-state index contributed by atoms with van der Waals surface area (Å²) in [6, 6.07) is 8.18. The lowest BCUT2D eigenvalue weighted by Crippen LogP contribution is -2.34. The van der Waals surface area contributed by atoms with E-state index in [0.29, 0.717) is 24.2 Å². The van der Waals surface area contributed by atoms with Crippen LogP contribution >= 0.6 is 0 Å². The Morgan fingerprint density at radius 2 is 2.00 bits per heavy atom. The summed E-state index contributed by atoms with van der Waals surface area (Å²) in [5.41, 5.74) is 2.20. The second-order valence-corrected chi connectivity index (χ2v) is 6.61. The Labute approximate surface area is 128 Å². The molecular weight excluding hydrogens is 260 g/mol. The number of nitrogens with one attached hydrogen (secondary N) is 2. The van der Waals surface area contributed by atoms with Gasteiger partial charge in [0.05, 0.1) is 0 Å². The van der Waals surface area contributed by atoms with E-state index in [1.54, 1.807) is 0 Å². The molecule has 3 nitrogen and oxygen atoms in total. The van der Waals surface area contributed by atoms with Gasteiger partial charge in [-0.1, -0.05) is 32.9 Å². The summed E-state index contributed by atoms with van der Waals surface area (Å²) in [7, 11) is 0. The van der Waals surface area contributed by atoms with Gasteiger partial charge in [0.15, 0.2) is 0 Å². The maximum atomic E-state index is 12.2. The third-order valence-corrected chi connectivity index (χ3v) is 4.51. The summed E-state index contributed by atoms with van der Waals surface area (Å²) in [5, 5.41) is 6.44. The van der Waals surface area contributed by atoms with Crippen molar-refractivity contribution in [1.29, 1.82) is 0 Å². The molecule has 0 radical (unpaired) electrons. The van der Waals surface area contributed by atoms with Crippen LogP contribution in [-0.4, -0.2) is 19.0 Å². The van der Waals surface area contributed by atoms with E-state index in [9.17, 15) is 4.79 Å². The zero-order valence-corrected chi connectivity index (χ0v) is 13.5. The highest BCUT2D eigenvalue weighted by atomic mass is 16.1. The van der Waals surface area contributed by atoms with Gasteiger partial charge in [0.2, 0.25) is 5.91 Å². The minimum Gasteiger partial charge on any atom is -0.326 e. The Bertz CT molecular complexity index is 447. The third kappa shape index (κ3) is 4.85. The third-order valence-electron chi connectivity index (χ3n) is 4.51. The summed E-state index contributed by atoms with van der Waals surface area (Å²) in [4.78, 5) is 12.2. The normalized spacial score (nSPS) is 20.3. The molecule has 2 unspecified atom stereocenters. The first kappa shape index (κ1) is 16.0. The van der Waals surface area contributed by atoms with Crippen molar-refractivity contribution >= 4 is 11.6 Å². The van der Waals surface area contributed by atoms with Gasteiger partial charge >= 0.3 is 0 Å². The number of carbonyl (C=O) groups is 1. The minimum atomic E-state index is 0.130. The van der Waals surface area contributed by atoms with Gasteiger partial charge in [-0.15, -0.1) is 0 Å². The average Bonchev–Trinajstić information content (AvgIpc) is 2.48. The quantitative estimate of drug-likeness (QED) is 0.866. The lowest BCUT2D eigenvalue weighted by atomic mass is 9.85. The molecule has 0 spiro atoms. The molecule has 1 aromatic rings. The fourth-order valence-corrected chi connectivity index (χ4v) is 2.99. The number of hydrogen-bond acceptors (Lipinski definition) is 2. The predicted molar refractivity (Wildman–Crippen MR) is 88.5 cm³/mol. The zero-order valence-electron chi connectivity index (χ0n) is 13.5. The molecule has 1 aromatic carbocycles. The monoisotopic (exact) mass is 288 g/mol. The SMILES string of the molecule is CC(C)c1ccc(NC(=O)CC(C)C2CCCNC2)cc1. The Kier molecular flexibility index (Phi) is 5.80. The molecule has 2 rings (SSSR count). The van der Waals surface area contributed by atoms with Crippen LogP contribution in [0.4, 0.5) is 5.69 Å². The van der Waals surface area contributed by atoms with E-state index >= 15 is 0 Å². The molecule has 1 saturated heterocycles. The van der Waals surface area contributed by atoms with E-state index in [1.165, 1.54) is 18.4 Å². The van der Waals surface area contributed by atoms with Crippen molar-refractivity contribution in [3.05, 3.63) is 29.8 Å². The summed E-state index contributed by atoms with van der Waals surface area (Å²) in [5.74, 6) is 1.72. The maximum absolute atomic E-state index is 12.2. The molecule has 1 heterocycles. The van der Waals surface area contributed by atoms with Crippen molar-refractivity contribution < 1.29 is 4.79 Å². The molecule has 116 valence electrons. The standard InChI is InChI=1S/C18H28N2O/c1-13(2)15-6-8-17(9-7-15)20-18(21)11-14(3)16-5-4-10-19-12-16/h6-9,13-14,16,19H,4-5,10-12H2,1-3H3,(H,20,21). The number of benzene rings is 1. The molecule has 0 aliphatic carbocycles. The van der Waals surface area contributed by atoms with Crippen LogP contribution in [0.15, 0.2) is 24.3 Å². The van der Waals surface area contributed by atoms with Gasteiger partial charge < -0.3 is 10.6 Å². The van der Waals surface area contributed by atoms with Crippen molar-refractivity contribution in [3.63, 3.8) is 0 Å². The van der Waals surface area contributed by atoms with Crippen LogP contribution in [0.25, 0.3) is 0 Å². The summed E-state index contributed by atoms with van der Waals surface area (Å²) in [6.07, 6.45) is 3.08. The lowest BCUT2D eigenvalue weighted by molar-refractivity contribution is -0.117. The molecule has 1 fully saturated rings. The molecule has 1 aliphatic rings. The van der Waals surface area contributed by atoms with Crippen LogP contribution in [0.1, 0.15) is 51.5 Å². The Morgan fingerprint density at radius 1 is 1.29 bits per heavy atom. The summed E-state index contributed by atoms with van der Waals surface area (Å²) < 4.78 is 0. The number of carbonyl (C=O) groups excluding carboxylic acids is 1. The largest absolute Gasteiger partial charge is 0.326 e. The van der Waals surface area contributed by atoms with Gasteiger partial charge in [-0.25, -0.2) is 0 Å². The molecule has 0 aromatic heterocycles. The molecule has 2 N–H and O–H groups in total. The first-order valence-corrected chi connectivity index (χ1v) is 8.16. The number of hydrogen-bond donors (Lipinski definition) is 2. The van der Waals surface area contributed by atoms with Crippen LogP contribution in [0.5, 0.6) is 0 Å².